The molecule has 0 bridgehead atoms. The molecule has 1 unspecified atom stereocenters. The molecule has 0 radical (unpaired) electrons. The van der Waals surface area contributed by atoms with Gasteiger partial charge in [-0.1, -0.05) is 25.6 Å². The first kappa shape index (κ1) is 11.0. The molecule has 1 aromatic heterocycles. The summed E-state index contributed by atoms with van der Waals surface area (Å²) in [6, 6.07) is 0. The summed E-state index contributed by atoms with van der Waals surface area (Å²) in [5.74, 6) is -0.0795. The van der Waals surface area contributed by atoms with Crippen LogP contribution in [0, 0.1) is 12.8 Å². The number of thioether (sulfide) groups is 1. The smallest absolute Gasteiger partial charge is 0.317 e. The number of aromatic amines is 1. The Bertz CT molecular complexity index is 324. The van der Waals surface area contributed by atoms with Crippen LogP contribution in [0.2, 0.25) is 0 Å². The summed E-state index contributed by atoms with van der Waals surface area (Å²) in [7, 11) is 0. The average Bonchev–Trinajstić information content (AvgIpc) is 2.46. The van der Waals surface area contributed by atoms with E-state index < -0.39 is 11.2 Å². The Hall–Kier alpha value is -1.04. The van der Waals surface area contributed by atoms with Gasteiger partial charge in [0.1, 0.15) is 11.1 Å². The van der Waals surface area contributed by atoms with Gasteiger partial charge in [-0.2, -0.15) is 0 Å². The fraction of sp³-hybridized carbons (Fsp3) is 0.625. The van der Waals surface area contributed by atoms with E-state index in [9.17, 15) is 4.79 Å². The fourth-order valence-electron chi connectivity index (χ4n) is 0.960. The lowest BCUT2D eigenvalue weighted by atomic mass is 10.1. The van der Waals surface area contributed by atoms with Gasteiger partial charge in [0.25, 0.3) is 0 Å². The molecule has 0 fully saturated rings. The first-order valence-electron chi connectivity index (χ1n) is 4.29. The molecular formula is C8H13N3O2S. The zero-order valence-corrected chi connectivity index (χ0v) is 9.13. The molecule has 1 rings (SSSR count). The predicted octanol–water partition coefficient (Wildman–Crippen LogP) is 1.31. The first-order chi connectivity index (χ1) is 6.50. The van der Waals surface area contributed by atoms with E-state index in [1.165, 1.54) is 11.8 Å². The monoisotopic (exact) mass is 215 g/mol. The summed E-state index contributed by atoms with van der Waals surface area (Å²) < 4.78 is 0. The summed E-state index contributed by atoms with van der Waals surface area (Å²) in [6.07, 6.45) is 0. The Labute approximate surface area is 86.3 Å². The second-order valence-corrected chi connectivity index (χ2v) is 4.43. The van der Waals surface area contributed by atoms with Gasteiger partial charge in [0.2, 0.25) is 5.16 Å². The van der Waals surface area contributed by atoms with Crippen LogP contribution in [0.4, 0.5) is 0 Å². The van der Waals surface area contributed by atoms with Crippen molar-refractivity contribution in [3.05, 3.63) is 5.82 Å². The van der Waals surface area contributed by atoms with Crippen molar-refractivity contribution in [2.24, 2.45) is 5.92 Å². The van der Waals surface area contributed by atoms with E-state index in [0.29, 0.717) is 11.0 Å². The molecule has 6 heteroatoms. The number of carboxylic acids is 1. The lowest BCUT2D eigenvalue weighted by molar-refractivity contribution is -0.137. The molecule has 1 atom stereocenters. The Morgan fingerprint density at radius 3 is 2.57 bits per heavy atom. The number of rotatable bonds is 4. The van der Waals surface area contributed by atoms with Gasteiger partial charge in [0.15, 0.2) is 0 Å². The highest BCUT2D eigenvalue weighted by Gasteiger charge is 2.24. The van der Waals surface area contributed by atoms with Crippen LogP contribution in [0.25, 0.3) is 0 Å². The van der Waals surface area contributed by atoms with E-state index in [1.807, 2.05) is 13.8 Å². The normalized spacial score (nSPS) is 13.1. The van der Waals surface area contributed by atoms with E-state index in [-0.39, 0.29) is 5.92 Å². The van der Waals surface area contributed by atoms with Gasteiger partial charge in [0.05, 0.1) is 0 Å². The Kier molecular flexibility index (Phi) is 3.51. The van der Waals surface area contributed by atoms with Gasteiger partial charge in [0, 0.05) is 0 Å². The lowest BCUT2D eigenvalue weighted by Crippen LogP contribution is -2.22. The fourth-order valence-corrected chi connectivity index (χ4v) is 1.85. The minimum Gasteiger partial charge on any atom is -0.480 e. The highest BCUT2D eigenvalue weighted by Crippen LogP contribution is 2.25. The van der Waals surface area contributed by atoms with E-state index in [2.05, 4.69) is 15.2 Å². The molecule has 0 amide bonds. The molecule has 1 aromatic rings. The van der Waals surface area contributed by atoms with Crippen molar-refractivity contribution in [3.63, 3.8) is 0 Å². The van der Waals surface area contributed by atoms with Gasteiger partial charge in [-0.05, 0) is 12.8 Å². The summed E-state index contributed by atoms with van der Waals surface area (Å²) in [6.45, 7) is 5.51. The molecule has 78 valence electrons. The molecule has 14 heavy (non-hydrogen) atoms. The molecule has 0 saturated heterocycles. The van der Waals surface area contributed by atoms with Crippen molar-refractivity contribution in [2.45, 2.75) is 31.2 Å². The SMILES string of the molecule is Cc1nc(SC(C(=O)O)C(C)C)n[nH]1. The number of H-pyrrole nitrogens is 1. The highest BCUT2D eigenvalue weighted by atomic mass is 32.2. The Morgan fingerprint density at radius 2 is 2.21 bits per heavy atom. The van der Waals surface area contributed by atoms with Crippen LogP contribution in [0.1, 0.15) is 19.7 Å². The average molecular weight is 215 g/mol. The summed E-state index contributed by atoms with van der Waals surface area (Å²) in [5.41, 5.74) is 0. The van der Waals surface area contributed by atoms with E-state index in [1.54, 1.807) is 6.92 Å². The van der Waals surface area contributed by atoms with Crippen molar-refractivity contribution in [1.82, 2.24) is 15.2 Å². The van der Waals surface area contributed by atoms with Gasteiger partial charge in [-0.25, -0.2) is 4.98 Å². The summed E-state index contributed by atoms with van der Waals surface area (Å²) in [5, 5.41) is 15.5. The summed E-state index contributed by atoms with van der Waals surface area (Å²) >= 11 is 1.17. The maximum Gasteiger partial charge on any atom is 0.317 e. The Morgan fingerprint density at radius 1 is 1.57 bits per heavy atom. The molecule has 0 aromatic carbocycles. The second-order valence-electron chi connectivity index (χ2n) is 3.32. The lowest BCUT2D eigenvalue weighted by Gasteiger charge is -2.12. The maximum absolute atomic E-state index is 10.9. The number of aromatic nitrogens is 3. The van der Waals surface area contributed by atoms with Crippen LogP contribution in [-0.2, 0) is 4.79 Å². The van der Waals surface area contributed by atoms with Crippen LogP contribution in [0.15, 0.2) is 5.16 Å². The van der Waals surface area contributed by atoms with Crippen LogP contribution < -0.4 is 0 Å². The highest BCUT2D eigenvalue weighted by molar-refractivity contribution is 8.00. The third kappa shape index (κ3) is 2.73. The maximum atomic E-state index is 10.9. The van der Waals surface area contributed by atoms with Crippen molar-refractivity contribution in [1.29, 1.82) is 0 Å². The minimum absolute atomic E-state index is 0.0521. The van der Waals surface area contributed by atoms with Crippen LogP contribution in [0.5, 0.6) is 0 Å². The quantitative estimate of drug-likeness (QED) is 0.740. The number of aliphatic carboxylic acids is 1. The van der Waals surface area contributed by atoms with Crippen molar-refractivity contribution in [2.75, 3.05) is 0 Å². The van der Waals surface area contributed by atoms with Gasteiger partial charge in [-0.3, -0.25) is 9.89 Å². The molecule has 0 aliphatic rings. The molecule has 0 aliphatic carbocycles. The molecule has 0 saturated carbocycles. The predicted molar refractivity (Wildman–Crippen MR) is 53.2 cm³/mol. The zero-order chi connectivity index (χ0) is 10.7. The minimum atomic E-state index is -0.826. The molecule has 0 spiro atoms. The number of aryl methyl sites for hydroxylation is 1. The van der Waals surface area contributed by atoms with E-state index in [4.69, 9.17) is 5.11 Å². The van der Waals surface area contributed by atoms with Crippen LogP contribution >= 0.6 is 11.8 Å². The second kappa shape index (κ2) is 4.45. The molecule has 2 N–H and O–H groups in total. The van der Waals surface area contributed by atoms with Crippen LogP contribution in [0.3, 0.4) is 0 Å². The topological polar surface area (TPSA) is 78.9 Å². The molecular weight excluding hydrogens is 202 g/mol. The van der Waals surface area contributed by atoms with Crippen molar-refractivity contribution >= 4 is 17.7 Å². The van der Waals surface area contributed by atoms with Crippen molar-refractivity contribution in [3.8, 4) is 0 Å². The molecule has 5 nitrogen and oxygen atoms in total. The van der Waals surface area contributed by atoms with E-state index >= 15 is 0 Å². The Balaban J connectivity index is 2.69. The number of nitrogens with zero attached hydrogens (tertiary/aromatic N) is 2. The van der Waals surface area contributed by atoms with Gasteiger partial charge < -0.3 is 5.11 Å². The molecule has 0 aliphatic heterocycles. The number of hydrogen-bond acceptors (Lipinski definition) is 4. The van der Waals surface area contributed by atoms with E-state index in [0.717, 1.165) is 0 Å². The number of hydrogen-bond donors (Lipinski definition) is 2. The van der Waals surface area contributed by atoms with Gasteiger partial charge >= 0.3 is 5.97 Å². The number of carboxylic acid groups (broad SMARTS) is 1. The largest absolute Gasteiger partial charge is 0.480 e. The summed E-state index contributed by atoms with van der Waals surface area (Å²) in [4.78, 5) is 14.9. The third-order valence-electron chi connectivity index (χ3n) is 1.66. The standard InChI is InChI=1S/C8H13N3O2S/c1-4(2)6(7(12)13)14-8-9-5(3)10-11-8/h4,6H,1-3H3,(H,12,13)(H,9,10,11). The molecule has 1 heterocycles. The number of nitrogens with one attached hydrogen (secondary N) is 1. The zero-order valence-electron chi connectivity index (χ0n) is 8.31. The van der Waals surface area contributed by atoms with Crippen LogP contribution in [-0.4, -0.2) is 31.5 Å². The number of carbonyl (C=O) groups is 1. The van der Waals surface area contributed by atoms with Crippen molar-refractivity contribution < 1.29 is 9.90 Å². The van der Waals surface area contributed by atoms with Gasteiger partial charge in [-0.15, -0.1) is 5.10 Å². The third-order valence-corrected chi connectivity index (χ3v) is 3.05. The first-order valence-corrected chi connectivity index (χ1v) is 5.17.